The Morgan fingerprint density at radius 2 is 1.52 bits per heavy atom. The number of fused-ring (bicyclic) bond motifs is 1. The summed E-state index contributed by atoms with van der Waals surface area (Å²) in [6.45, 7) is 4.21. The summed E-state index contributed by atoms with van der Waals surface area (Å²) in [5.74, 6) is 0.888. The molecule has 2 aromatic carbocycles. The van der Waals surface area contributed by atoms with Crippen molar-refractivity contribution in [2.24, 2.45) is 0 Å². The first-order valence-corrected chi connectivity index (χ1v) is 7.73. The average molecular weight is 299 g/mol. The molecule has 0 saturated heterocycles. The van der Waals surface area contributed by atoms with Crippen molar-refractivity contribution >= 4 is 11.0 Å². The maximum Gasteiger partial charge on any atom is 0.138 e. The van der Waals surface area contributed by atoms with E-state index in [0.717, 1.165) is 33.6 Å². The lowest BCUT2D eigenvalue weighted by Gasteiger charge is -2.01. The van der Waals surface area contributed by atoms with Gasteiger partial charge in [-0.2, -0.15) is 0 Å². The highest BCUT2D eigenvalue weighted by Crippen LogP contribution is 2.30. The van der Waals surface area contributed by atoms with E-state index in [9.17, 15) is 0 Å². The van der Waals surface area contributed by atoms with E-state index in [2.05, 4.69) is 55.2 Å². The number of pyridine rings is 1. The molecule has 0 aliphatic rings. The SMILES string of the molecule is Cc1cc(C)cc(-c2cc3cnc(-c4ccccc4)cc3o2)c1. The quantitative estimate of drug-likeness (QED) is 0.469. The number of hydrogen-bond acceptors (Lipinski definition) is 2. The van der Waals surface area contributed by atoms with Crippen molar-refractivity contribution in [3.8, 4) is 22.6 Å². The minimum absolute atomic E-state index is 0.869. The second-order valence-electron chi connectivity index (χ2n) is 5.96. The fraction of sp³-hybridized carbons (Fsp3) is 0.0952. The fourth-order valence-electron chi connectivity index (χ4n) is 2.96. The molecule has 23 heavy (non-hydrogen) atoms. The van der Waals surface area contributed by atoms with Crippen LogP contribution in [0.5, 0.6) is 0 Å². The number of aromatic nitrogens is 1. The van der Waals surface area contributed by atoms with Crippen molar-refractivity contribution in [1.82, 2.24) is 4.98 Å². The molecule has 0 aliphatic heterocycles. The highest BCUT2D eigenvalue weighted by Gasteiger charge is 2.09. The van der Waals surface area contributed by atoms with Crippen molar-refractivity contribution in [3.05, 3.63) is 78.0 Å². The third-order valence-corrected chi connectivity index (χ3v) is 3.98. The van der Waals surface area contributed by atoms with Crippen LogP contribution in [0, 0.1) is 13.8 Å². The number of hydrogen-bond donors (Lipinski definition) is 0. The van der Waals surface area contributed by atoms with Gasteiger partial charge >= 0.3 is 0 Å². The molecule has 0 spiro atoms. The van der Waals surface area contributed by atoms with E-state index in [0.29, 0.717) is 0 Å². The Bertz CT molecular complexity index is 963. The molecule has 0 fully saturated rings. The van der Waals surface area contributed by atoms with Crippen LogP contribution in [0.15, 0.2) is 71.3 Å². The second kappa shape index (κ2) is 5.40. The van der Waals surface area contributed by atoms with Gasteiger partial charge in [0, 0.05) is 28.8 Å². The molecular weight excluding hydrogens is 282 g/mol. The van der Waals surface area contributed by atoms with E-state index in [1.54, 1.807) is 0 Å². The van der Waals surface area contributed by atoms with Crippen molar-refractivity contribution in [2.45, 2.75) is 13.8 Å². The molecule has 0 saturated carbocycles. The zero-order chi connectivity index (χ0) is 15.8. The average Bonchev–Trinajstić information content (AvgIpc) is 2.98. The molecular formula is C21H17NO. The molecule has 2 nitrogen and oxygen atoms in total. The van der Waals surface area contributed by atoms with Crippen LogP contribution in [0.1, 0.15) is 11.1 Å². The zero-order valence-electron chi connectivity index (χ0n) is 13.2. The van der Waals surface area contributed by atoms with E-state index in [-0.39, 0.29) is 0 Å². The van der Waals surface area contributed by atoms with Gasteiger partial charge in [-0.3, -0.25) is 4.98 Å². The summed E-state index contributed by atoms with van der Waals surface area (Å²) in [4.78, 5) is 4.56. The lowest BCUT2D eigenvalue weighted by molar-refractivity contribution is 0.631. The van der Waals surface area contributed by atoms with Crippen LogP contribution in [0.25, 0.3) is 33.6 Å². The van der Waals surface area contributed by atoms with Gasteiger partial charge in [-0.1, -0.05) is 47.5 Å². The van der Waals surface area contributed by atoms with Crippen molar-refractivity contribution in [1.29, 1.82) is 0 Å². The number of furan rings is 1. The van der Waals surface area contributed by atoms with E-state index in [1.807, 2.05) is 30.5 Å². The molecule has 4 aromatic rings. The molecule has 0 radical (unpaired) electrons. The first-order chi connectivity index (χ1) is 11.2. The van der Waals surface area contributed by atoms with Crippen LogP contribution in [0.3, 0.4) is 0 Å². The number of aryl methyl sites for hydroxylation is 2. The minimum atomic E-state index is 0.869. The van der Waals surface area contributed by atoms with Gasteiger partial charge in [-0.15, -0.1) is 0 Å². The van der Waals surface area contributed by atoms with Crippen molar-refractivity contribution in [2.75, 3.05) is 0 Å². The van der Waals surface area contributed by atoms with Crippen molar-refractivity contribution < 1.29 is 4.42 Å². The maximum atomic E-state index is 6.09. The summed E-state index contributed by atoms with van der Waals surface area (Å²) in [6, 6.07) is 20.7. The number of benzene rings is 2. The van der Waals surface area contributed by atoms with E-state index >= 15 is 0 Å². The molecule has 0 amide bonds. The summed E-state index contributed by atoms with van der Waals surface area (Å²) in [6.07, 6.45) is 1.88. The van der Waals surface area contributed by atoms with Gasteiger partial charge in [0.25, 0.3) is 0 Å². The first kappa shape index (κ1) is 13.8. The van der Waals surface area contributed by atoms with Crippen LogP contribution in [0.2, 0.25) is 0 Å². The Kier molecular flexibility index (Phi) is 3.23. The summed E-state index contributed by atoms with van der Waals surface area (Å²) in [7, 11) is 0. The number of nitrogens with zero attached hydrogens (tertiary/aromatic N) is 1. The van der Waals surface area contributed by atoms with Gasteiger partial charge in [-0.25, -0.2) is 0 Å². The molecule has 2 heterocycles. The third-order valence-electron chi connectivity index (χ3n) is 3.98. The topological polar surface area (TPSA) is 26.0 Å². The predicted octanol–water partition coefficient (Wildman–Crippen LogP) is 5.78. The van der Waals surface area contributed by atoms with Crippen LogP contribution in [-0.2, 0) is 0 Å². The van der Waals surface area contributed by atoms with Crippen LogP contribution in [-0.4, -0.2) is 4.98 Å². The summed E-state index contributed by atoms with van der Waals surface area (Å²) >= 11 is 0. The van der Waals surface area contributed by atoms with E-state index < -0.39 is 0 Å². The molecule has 2 heteroatoms. The molecule has 0 unspecified atom stereocenters. The lowest BCUT2D eigenvalue weighted by atomic mass is 10.1. The van der Waals surface area contributed by atoms with Crippen LogP contribution >= 0.6 is 0 Å². The van der Waals surface area contributed by atoms with Gasteiger partial charge in [0.1, 0.15) is 11.3 Å². The monoisotopic (exact) mass is 299 g/mol. The van der Waals surface area contributed by atoms with Crippen molar-refractivity contribution in [3.63, 3.8) is 0 Å². The van der Waals surface area contributed by atoms with Gasteiger partial charge < -0.3 is 4.42 Å². The van der Waals surface area contributed by atoms with Gasteiger partial charge in [0.05, 0.1) is 5.69 Å². The summed E-state index contributed by atoms with van der Waals surface area (Å²) < 4.78 is 6.09. The first-order valence-electron chi connectivity index (χ1n) is 7.73. The molecule has 0 aliphatic carbocycles. The molecule has 4 rings (SSSR count). The van der Waals surface area contributed by atoms with Gasteiger partial charge in [0.2, 0.25) is 0 Å². The van der Waals surface area contributed by atoms with E-state index in [4.69, 9.17) is 4.42 Å². The highest BCUT2D eigenvalue weighted by atomic mass is 16.3. The lowest BCUT2D eigenvalue weighted by Crippen LogP contribution is -1.81. The normalized spacial score (nSPS) is 11.0. The Balaban J connectivity index is 1.82. The molecule has 0 N–H and O–H groups in total. The smallest absolute Gasteiger partial charge is 0.138 e. The largest absolute Gasteiger partial charge is 0.456 e. The number of rotatable bonds is 2. The van der Waals surface area contributed by atoms with Crippen LogP contribution in [0.4, 0.5) is 0 Å². The zero-order valence-corrected chi connectivity index (χ0v) is 13.2. The van der Waals surface area contributed by atoms with Gasteiger partial charge in [0.15, 0.2) is 0 Å². The minimum Gasteiger partial charge on any atom is -0.456 e. The van der Waals surface area contributed by atoms with Gasteiger partial charge in [-0.05, 0) is 32.0 Å². The summed E-state index contributed by atoms with van der Waals surface area (Å²) in [5.41, 5.74) is 6.48. The Morgan fingerprint density at radius 1 is 0.783 bits per heavy atom. The fourth-order valence-corrected chi connectivity index (χ4v) is 2.96. The second-order valence-corrected chi connectivity index (χ2v) is 5.96. The molecule has 0 bridgehead atoms. The third kappa shape index (κ3) is 2.64. The van der Waals surface area contributed by atoms with E-state index in [1.165, 1.54) is 11.1 Å². The van der Waals surface area contributed by atoms with Crippen LogP contribution < -0.4 is 0 Å². The standard InChI is InChI=1S/C21H17NO/c1-14-8-15(2)10-17(9-14)20-11-18-13-22-19(12-21(18)23-20)16-6-4-3-5-7-16/h3-13H,1-2H3. The Labute approximate surface area is 135 Å². The summed E-state index contributed by atoms with van der Waals surface area (Å²) in [5, 5.41) is 1.03. The highest BCUT2D eigenvalue weighted by molar-refractivity contribution is 5.85. The Morgan fingerprint density at radius 3 is 2.26 bits per heavy atom. The molecule has 0 atom stereocenters. The Hall–Kier alpha value is -2.87. The molecule has 2 aromatic heterocycles. The predicted molar refractivity (Wildman–Crippen MR) is 94.4 cm³/mol. The molecule has 112 valence electrons. The maximum absolute atomic E-state index is 6.09.